The van der Waals surface area contributed by atoms with Gasteiger partial charge in [0.2, 0.25) is 10.0 Å². The minimum Gasteiger partial charge on any atom is -0.329 e. The molecular formula is C11H24N2O2S. The highest BCUT2D eigenvalue weighted by molar-refractivity contribution is 7.90. The van der Waals surface area contributed by atoms with Gasteiger partial charge in [0.25, 0.3) is 0 Å². The second-order valence-electron chi connectivity index (χ2n) is 4.64. The summed E-state index contributed by atoms with van der Waals surface area (Å²) >= 11 is 0. The molecule has 1 atom stereocenters. The standard InChI is InChI=1S/C11H24N2O2S/c1-2-3-6-10(9-12)13-16(14,15)11-7-4-5-8-11/h10-11,13H,2-9,12H2,1H3. The number of nitrogens with two attached hydrogens (primary N) is 1. The summed E-state index contributed by atoms with van der Waals surface area (Å²) in [7, 11) is -3.13. The van der Waals surface area contributed by atoms with E-state index >= 15 is 0 Å². The van der Waals surface area contributed by atoms with Gasteiger partial charge in [-0.25, -0.2) is 13.1 Å². The van der Waals surface area contributed by atoms with Gasteiger partial charge in [0.05, 0.1) is 5.25 Å². The predicted molar refractivity (Wildman–Crippen MR) is 66.7 cm³/mol. The molecule has 96 valence electrons. The van der Waals surface area contributed by atoms with Crippen molar-refractivity contribution in [3.63, 3.8) is 0 Å². The van der Waals surface area contributed by atoms with E-state index in [4.69, 9.17) is 5.73 Å². The summed E-state index contributed by atoms with van der Waals surface area (Å²) in [6.07, 6.45) is 6.62. The Morgan fingerprint density at radius 2 is 2.00 bits per heavy atom. The minimum atomic E-state index is -3.13. The molecule has 0 heterocycles. The van der Waals surface area contributed by atoms with Crippen LogP contribution in [0.25, 0.3) is 0 Å². The van der Waals surface area contributed by atoms with Gasteiger partial charge in [-0.15, -0.1) is 0 Å². The largest absolute Gasteiger partial charge is 0.329 e. The number of hydrogen-bond donors (Lipinski definition) is 2. The Labute approximate surface area is 99.0 Å². The van der Waals surface area contributed by atoms with Crippen molar-refractivity contribution in [2.45, 2.75) is 63.2 Å². The van der Waals surface area contributed by atoms with Gasteiger partial charge in [-0.2, -0.15) is 0 Å². The Morgan fingerprint density at radius 3 is 2.50 bits per heavy atom. The van der Waals surface area contributed by atoms with E-state index in [9.17, 15) is 8.42 Å². The molecule has 0 aromatic carbocycles. The van der Waals surface area contributed by atoms with E-state index in [1.54, 1.807) is 0 Å². The van der Waals surface area contributed by atoms with Gasteiger partial charge in [0.1, 0.15) is 0 Å². The Bertz CT molecular complexity index is 284. The molecule has 4 nitrogen and oxygen atoms in total. The van der Waals surface area contributed by atoms with Crippen LogP contribution in [0.5, 0.6) is 0 Å². The SMILES string of the molecule is CCCCC(CN)NS(=O)(=O)C1CCCC1. The number of sulfonamides is 1. The highest BCUT2D eigenvalue weighted by atomic mass is 32.2. The molecule has 1 saturated carbocycles. The van der Waals surface area contributed by atoms with E-state index in [0.29, 0.717) is 6.54 Å². The van der Waals surface area contributed by atoms with Crippen LogP contribution in [-0.2, 0) is 10.0 Å². The average molecular weight is 248 g/mol. The van der Waals surface area contributed by atoms with Gasteiger partial charge in [-0.1, -0.05) is 32.6 Å². The fraction of sp³-hybridized carbons (Fsp3) is 1.00. The molecule has 3 N–H and O–H groups in total. The molecular weight excluding hydrogens is 224 g/mol. The third-order valence-electron chi connectivity index (χ3n) is 3.26. The molecule has 1 rings (SSSR count). The second kappa shape index (κ2) is 6.57. The first kappa shape index (κ1) is 13.9. The second-order valence-corrected chi connectivity index (χ2v) is 6.64. The van der Waals surface area contributed by atoms with Crippen molar-refractivity contribution < 1.29 is 8.42 Å². The highest BCUT2D eigenvalue weighted by Gasteiger charge is 2.29. The van der Waals surface area contributed by atoms with Crippen LogP contribution >= 0.6 is 0 Å². The number of rotatable bonds is 7. The molecule has 0 bridgehead atoms. The first-order valence-corrected chi connectivity index (χ1v) is 7.86. The van der Waals surface area contributed by atoms with Gasteiger partial charge >= 0.3 is 0 Å². The Balaban J connectivity index is 2.48. The maximum atomic E-state index is 12.0. The van der Waals surface area contributed by atoms with Crippen molar-refractivity contribution in [2.75, 3.05) is 6.54 Å². The van der Waals surface area contributed by atoms with E-state index in [2.05, 4.69) is 11.6 Å². The lowest BCUT2D eigenvalue weighted by molar-refractivity contribution is 0.507. The van der Waals surface area contributed by atoms with Crippen molar-refractivity contribution >= 4 is 10.0 Å². The fourth-order valence-electron chi connectivity index (χ4n) is 2.20. The van der Waals surface area contributed by atoms with E-state index in [1.165, 1.54) is 0 Å². The topological polar surface area (TPSA) is 72.2 Å². The van der Waals surface area contributed by atoms with Crippen LogP contribution in [0.1, 0.15) is 51.9 Å². The van der Waals surface area contributed by atoms with Gasteiger partial charge in [0, 0.05) is 12.6 Å². The van der Waals surface area contributed by atoms with Crippen molar-refractivity contribution in [1.29, 1.82) is 0 Å². The molecule has 1 aliphatic rings. The first-order valence-electron chi connectivity index (χ1n) is 6.31. The van der Waals surface area contributed by atoms with Crippen molar-refractivity contribution in [3.05, 3.63) is 0 Å². The van der Waals surface area contributed by atoms with E-state index in [-0.39, 0.29) is 11.3 Å². The molecule has 16 heavy (non-hydrogen) atoms. The highest BCUT2D eigenvalue weighted by Crippen LogP contribution is 2.24. The molecule has 0 aliphatic heterocycles. The lowest BCUT2D eigenvalue weighted by atomic mass is 10.1. The first-order chi connectivity index (χ1) is 7.60. The Kier molecular flexibility index (Phi) is 5.72. The zero-order valence-electron chi connectivity index (χ0n) is 10.1. The third-order valence-corrected chi connectivity index (χ3v) is 5.27. The van der Waals surface area contributed by atoms with Crippen LogP contribution < -0.4 is 10.5 Å². The maximum Gasteiger partial charge on any atom is 0.214 e. The summed E-state index contributed by atoms with van der Waals surface area (Å²) in [5, 5.41) is -0.178. The zero-order chi connectivity index (χ0) is 12.0. The van der Waals surface area contributed by atoms with E-state index < -0.39 is 10.0 Å². The van der Waals surface area contributed by atoms with Crippen LogP contribution in [0.2, 0.25) is 0 Å². The molecule has 1 aliphatic carbocycles. The smallest absolute Gasteiger partial charge is 0.214 e. The minimum absolute atomic E-state index is 0.0782. The molecule has 0 spiro atoms. The summed E-state index contributed by atoms with van der Waals surface area (Å²) in [5.41, 5.74) is 5.59. The lowest BCUT2D eigenvalue weighted by Gasteiger charge is -2.19. The van der Waals surface area contributed by atoms with Gasteiger partial charge in [-0.05, 0) is 19.3 Å². The van der Waals surface area contributed by atoms with Crippen molar-refractivity contribution in [1.82, 2.24) is 4.72 Å². The Morgan fingerprint density at radius 1 is 1.38 bits per heavy atom. The van der Waals surface area contributed by atoms with Gasteiger partial charge in [0.15, 0.2) is 0 Å². The van der Waals surface area contributed by atoms with Gasteiger partial charge in [-0.3, -0.25) is 0 Å². The fourth-order valence-corrected chi connectivity index (χ4v) is 4.03. The predicted octanol–water partition coefficient (Wildman–Crippen LogP) is 1.37. The Hall–Kier alpha value is -0.130. The van der Waals surface area contributed by atoms with Crippen molar-refractivity contribution in [3.8, 4) is 0 Å². The zero-order valence-corrected chi connectivity index (χ0v) is 10.9. The normalized spacial score (nSPS) is 20.1. The van der Waals surface area contributed by atoms with E-state index in [0.717, 1.165) is 44.9 Å². The average Bonchev–Trinajstić information content (AvgIpc) is 2.78. The van der Waals surface area contributed by atoms with Crippen LogP contribution in [0.4, 0.5) is 0 Å². The molecule has 1 fully saturated rings. The molecule has 0 amide bonds. The quantitative estimate of drug-likeness (QED) is 0.714. The molecule has 0 saturated heterocycles. The van der Waals surface area contributed by atoms with Crippen LogP contribution in [0, 0.1) is 0 Å². The number of unbranched alkanes of at least 4 members (excludes halogenated alkanes) is 1. The molecule has 5 heteroatoms. The third kappa shape index (κ3) is 4.03. The number of hydrogen-bond acceptors (Lipinski definition) is 3. The van der Waals surface area contributed by atoms with Crippen LogP contribution in [0.15, 0.2) is 0 Å². The number of nitrogens with one attached hydrogen (secondary N) is 1. The van der Waals surface area contributed by atoms with E-state index in [1.807, 2.05) is 0 Å². The summed E-state index contributed by atoms with van der Waals surface area (Å²) < 4.78 is 26.8. The maximum absolute atomic E-state index is 12.0. The molecule has 0 radical (unpaired) electrons. The summed E-state index contributed by atoms with van der Waals surface area (Å²) in [6, 6.07) is -0.0782. The van der Waals surface area contributed by atoms with Crippen molar-refractivity contribution in [2.24, 2.45) is 5.73 Å². The molecule has 1 unspecified atom stereocenters. The lowest BCUT2D eigenvalue weighted by Crippen LogP contribution is -2.43. The van der Waals surface area contributed by atoms with Gasteiger partial charge < -0.3 is 5.73 Å². The molecule has 0 aromatic heterocycles. The van der Waals surface area contributed by atoms with Crippen LogP contribution in [-0.4, -0.2) is 26.3 Å². The summed E-state index contributed by atoms with van der Waals surface area (Å²) in [6.45, 7) is 2.49. The van der Waals surface area contributed by atoms with Crippen LogP contribution in [0.3, 0.4) is 0 Å². The summed E-state index contributed by atoms with van der Waals surface area (Å²) in [4.78, 5) is 0. The monoisotopic (exact) mass is 248 g/mol. The molecule has 0 aromatic rings. The summed E-state index contributed by atoms with van der Waals surface area (Å²) in [5.74, 6) is 0.